The van der Waals surface area contributed by atoms with Crippen LogP contribution in [0.4, 0.5) is 0 Å². The van der Waals surface area contributed by atoms with Crippen LogP contribution in [0.2, 0.25) is 0 Å². The highest BCUT2D eigenvalue weighted by molar-refractivity contribution is 6.02. The number of nitrogens with zero attached hydrogens (tertiary/aromatic N) is 1. The van der Waals surface area contributed by atoms with E-state index in [2.05, 4.69) is 4.90 Å². The number of benzene rings is 3. The molecule has 3 aromatic carbocycles. The summed E-state index contributed by atoms with van der Waals surface area (Å²) < 4.78 is 0. The van der Waals surface area contributed by atoms with Crippen molar-refractivity contribution < 1.29 is 14.7 Å². The second-order valence-electron chi connectivity index (χ2n) is 8.68. The van der Waals surface area contributed by atoms with Crippen molar-refractivity contribution in [2.45, 2.75) is 18.9 Å². The average molecular weight is 428 g/mol. The molecule has 0 radical (unpaired) electrons. The number of ketones is 2. The van der Waals surface area contributed by atoms with Crippen molar-refractivity contribution in [2.24, 2.45) is 11.8 Å². The Labute approximate surface area is 189 Å². The van der Waals surface area contributed by atoms with Gasteiger partial charge in [-0.3, -0.25) is 14.5 Å². The molecule has 0 unspecified atom stereocenters. The van der Waals surface area contributed by atoms with Crippen molar-refractivity contribution in [3.63, 3.8) is 0 Å². The number of aliphatic hydroxyl groups excluding tert-OH is 1. The van der Waals surface area contributed by atoms with E-state index >= 15 is 0 Å². The molecule has 4 rings (SSSR count). The van der Waals surface area contributed by atoms with Gasteiger partial charge in [0.25, 0.3) is 0 Å². The summed E-state index contributed by atoms with van der Waals surface area (Å²) in [5.41, 5.74) is 2.32. The van der Waals surface area contributed by atoms with Gasteiger partial charge in [0.15, 0.2) is 11.6 Å². The molecule has 164 valence electrons. The van der Waals surface area contributed by atoms with Gasteiger partial charge in [0.1, 0.15) is 0 Å². The Balaban J connectivity index is 1.79. The first-order valence-electron chi connectivity index (χ1n) is 11.2. The molecule has 0 saturated carbocycles. The van der Waals surface area contributed by atoms with E-state index in [1.165, 1.54) is 0 Å². The van der Waals surface area contributed by atoms with Crippen LogP contribution < -0.4 is 0 Å². The second-order valence-corrected chi connectivity index (χ2v) is 8.68. The molecule has 1 fully saturated rings. The summed E-state index contributed by atoms with van der Waals surface area (Å²) in [7, 11) is 0. The van der Waals surface area contributed by atoms with Crippen molar-refractivity contribution in [3.05, 3.63) is 108 Å². The lowest BCUT2D eigenvalue weighted by Gasteiger charge is -2.43. The molecule has 3 aromatic rings. The quantitative estimate of drug-likeness (QED) is 0.566. The fourth-order valence-corrected chi connectivity index (χ4v) is 4.93. The Morgan fingerprint density at radius 3 is 1.59 bits per heavy atom. The molecule has 1 aliphatic heterocycles. The van der Waals surface area contributed by atoms with Crippen LogP contribution in [0.1, 0.15) is 39.1 Å². The molecule has 0 amide bonds. The molecule has 0 bridgehead atoms. The number of piperidine rings is 1. The summed E-state index contributed by atoms with van der Waals surface area (Å²) in [6.07, 6.45) is -0.539. The lowest BCUT2D eigenvalue weighted by molar-refractivity contribution is 0.0433. The van der Waals surface area contributed by atoms with Crippen molar-refractivity contribution in [2.75, 3.05) is 19.6 Å². The van der Waals surface area contributed by atoms with E-state index in [4.69, 9.17) is 0 Å². The molecular formula is C28H29NO3. The van der Waals surface area contributed by atoms with Crippen LogP contribution in [-0.2, 0) is 0 Å². The maximum Gasteiger partial charge on any atom is 0.167 e. The molecule has 4 heteroatoms. The predicted octanol–water partition coefficient (Wildman–Crippen LogP) is 4.46. The first-order valence-corrected chi connectivity index (χ1v) is 11.2. The minimum atomic E-state index is -0.539. The first kappa shape index (κ1) is 22.1. The van der Waals surface area contributed by atoms with Crippen LogP contribution in [0.15, 0.2) is 91.0 Å². The number of carbonyl (C=O) groups is 2. The van der Waals surface area contributed by atoms with Gasteiger partial charge < -0.3 is 5.11 Å². The smallest absolute Gasteiger partial charge is 0.167 e. The zero-order chi connectivity index (χ0) is 22.5. The van der Waals surface area contributed by atoms with E-state index in [-0.39, 0.29) is 29.3 Å². The van der Waals surface area contributed by atoms with E-state index in [1.807, 2.05) is 91.0 Å². The molecule has 1 heterocycles. The fourth-order valence-electron chi connectivity index (χ4n) is 4.93. The highest BCUT2D eigenvalue weighted by Gasteiger charge is 2.44. The number of carbonyl (C=O) groups excluding carboxylic acids is 2. The Morgan fingerprint density at radius 1 is 0.781 bits per heavy atom. The third-order valence-corrected chi connectivity index (χ3v) is 6.27. The van der Waals surface area contributed by atoms with Crippen LogP contribution in [0.25, 0.3) is 0 Å². The molecule has 1 saturated heterocycles. The van der Waals surface area contributed by atoms with Crippen LogP contribution in [-0.4, -0.2) is 47.3 Å². The van der Waals surface area contributed by atoms with Gasteiger partial charge in [0.05, 0.1) is 6.10 Å². The average Bonchev–Trinajstić information content (AvgIpc) is 2.84. The highest BCUT2D eigenvalue weighted by Crippen LogP contribution is 2.40. The van der Waals surface area contributed by atoms with Crippen LogP contribution in [0.3, 0.4) is 0 Å². The molecule has 0 aromatic heterocycles. The maximum atomic E-state index is 13.7. The lowest BCUT2D eigenvalue weighted by atomic mass is 9.68. The fraction of sp³-hybridized carbons (Fsp3) is 0.286. The van der Waals surface area contributed by atoms with E-state index in [1.54, 1.807) is 6.92 Å². The molecule has 1 N–H and O–H groups in total. The number of hydrogen-bond acceptors (Lipinski definition) is 4. The molecule has 1 aliphatic rings. The summed E-state index contributed by atoms with van der Waals surface area (Å²) in [6, 6.07) is 28.5. The second kappa shape index (κ2) is 10.0. The van der Waals surface area contributed by atoms with Crippen molar-refractivity contribution in [1.29, 1.82) is 0 Å². The van der Waals surface area contributed by atoms with E-state index < -0.39 is 6.10 Å². The standard InChI is InChI=1S/C28H29NO3/c1-20(30)17-29-18-24(27(31)22-13-7-3-8-14-22)26(21-11-5-2-6-12-21)25(19-29)28(32)23-15-9-4-10-16-23/h2-16,20,24-26,30H,17-19H2,1H3/t20-,24-,25+,26-/m0/s1. The molecule has 0 aliphatic carbocycles. The number of rotatable bonds is 7. The Hall–Kier alpha value is -3.08. The minimum Gasteiger partial charge on any atom is -0.392 e. The third kappa shape index (κ3) is 4.87. The number of likely N-dealkylation sites (tertiary alicyclic amines) is 1. The normalized spacial score (nSPS) is 22.2. The van der Waals surface area contributed by atoms with Gasteiger partial charge in [0, 0.05) is 48.5 Å². The predicted molar refractivity (Wildman–Crippen MR) is 126 cm³/mol. The monoisotopic (exact) mass is 427 g/mol. The zero-order valence-corrected chi connectivity index (χ0v) is 18.3. The molecule has 4 atom stereocenters. The van der Waals surface area contributed by atoms with Gasteiger partial charge in [0.2, 0.25) is 0 Å². The summed E-state index contributed by atoms with van der Waals surface area (Å²) in [4.78, 5) is 29.5. The van der Waals surface area contributed by atoms with Gasteiger partial charge in [-0.2, -0.15) is 0 Å². The van der Waals surface area contributed by atoms with Gasteiger partial charge in [-0.05, 0) is 12.5 Å². The minimum absolute atomic E-state index is 0.0422. The zero-order valence-electron chi connectivity index (χ0n) is 18.3. The van der Waals surface area contributed by atoms with Gasteiger partial charge >= 0.3 is 0 Å². The van der Waals surface area contributed by atoms with Crippen LogP contribution in [0, 0.1) is 11.8 Å². The van der Waals surface area contributed by atoms with Gasteiger partial charge in [-0.15, -0.1) is 0 Å². The summed E-state index contributed by atoms with van der Waals surface area (Å²) in [5, 5.41) is 10.1. The first-order chi connectivity index (χ1) is 15.5. The topological polar surface area (TPSA) is 57.6 Å². The van der Waals surface area contributed by atoms with E-state index in [0.717, 1.165) is 5.56 Å². The third-order valence-electron chi connectivity index (χ3n) is 6.27. The summed E-state index contributed by atoms with van der Waals surface area (Å²) in [6.45, 7) is 3.19. The van der Waals surface area contributed by atoms with Crippen molar-refractivity contribution >= 4 is 11.6 Å². The van der Waals surface area contributed by atoms with Crippen LogP contribution >= 0.6 is 0 Å². The molecule has 32 heavy (non-hydrogen) atoms. The molecular weight excluding hydrogens is 398 g/mol. The largest absolute Gasteiger partial charge is 0.392 e. The van der Waals surface area contributed by atoms with Crippen LogP contribution in [0.5, 0.6) is 0 Å². The number of Topliss-reactive ketones (excluding diaryl/α,β-unsaturated/α-hetero) is 2. The van der Waals surface area contributed by atoms with Gasteiger partial charge in [-0.1, -0.05) is 91.0 Å². The lowest BCUT2D eigenvalue weighted by Crippen LogP contribution is -2.51. The van der Waals surface area contributed by atoms with E-state index in [9.17, 15) is 14.7 Å². The summed E-state index contributed by atoms with van der Waals surface area (Å²) in [5.74, 6) is -0.919. The maximum absolute atomic E-state index is 13.7. The molecule has 4 nitrogen and oxygen atoms in total. The van der Waals surface area contributed by atoms with Gasteiger partial charge in [-0.25, -0.2) is 0 Å². The Morgan fingerprint density at radius 2 is 1.19 bits per heavy atom. The summed E-state index contributed by atoms with van der Waals surface area (Å²) >= 11 is 0. The highest BCUT2D eigenvalue weighted by atomic mass is 16.3. The Bertz CT molecular complexity index is 973. The van der Waals surface area contributed by atoms with Crippen molar-refractivity contribution in [1.82, 2.24) is 4.90 Å². The number of hydrogen-bond donors (Lipinski definition) is 1. The molecule has 0 spiro atoms. The SMILES string of the molecule is C[C@H](O)CN1C[C@H](C(=O)c2ccccc2)[C@H](c2ccccc2)[C@H](C(=O)c2ccccc2)C1. The van der Waals surface area contributed by atoms with E-state index in [0.29, 0.717) is 30.8 Å². The van der Waals surface area contributed by atoms with Crippen molar-refractivity contribution in [3.8, 4) is 0 Å². The Kier molecular flexibility index (Phi) is 6.93. The number of β-amino-alcohol motifs (C(OH)–C–C–N with tert-alkyl or cyclic N) is 1. The number of aliphatic hydroxyl groups is 1.